The topological polar surface area (TPSA) is 54.2 Å². The quantitative estimate of drug-likeness (QED) is 0.346. The summed E-state index contributed by atoms with van der Waals surface area (Å²) >= 11 is 3.37. The van der Waals surface area contributed by atoms with Crippen molar-refractivity contribution < 1.29 is 4.39 Å². The summed E-state index contributed by atoms with van der Waals surface area (Å²) in [5, 5.41) is 11.0. The van der Waals surface area contributed by atoms with Gasteiger partial charge >= 0.3 is 0 Å². The number of hydrogen-bond acceptors (Lipinski definition) is 2. The van der Waals surface area contributed by atoms with E-state index >= 15 is 0 Å². The first kappa shape index (κ1) is 22.9. The fraction of sp³-hybridized carbons (Fsp3) is 0.444. The molecule has 0 saturated heterocycles. The molecule has 8 heteroatoms. The number of guanidine groups is 1. The lowest BCUT2D eigenvalue weighted by atomic mass is 10.1. The van der Waals surface area contributed by atoms with Crippen LogP contribution in [0.25, 0.3) is 0 Å². The zero-order valence-electron chi connectivity index (χ0n) is 15.7. The third-order valence-corrected chi connectivity index (χ3v) is 4.72. The molecule has 0 saturated carbocycles. The fourth-order valence-electron chi connectivity index (χ4n) is 2.76. The van der Waals surface area contributed by atoms with Crippen LogP contribution in [0.5, 0.6) is 0 Å². The van der Waals surface area contributed by atoms with Gasteiger partial charge in [-0.3, -0.25) is 9.67 Å². The highest BCUT2D eigenvalue weighted by molar-refractivity contribution is 14.0. The smallest absolute Gasteiger partial charge is 0.191 e. The lowest BCUT2D eigenvalue weighted by Gasteiger charge is -2.18. The van der Waals surface area contributed by atoms with Crippen molar-refractivity contribution in [1.82, 2.24) is 20.4 Å². The number of halogens is 3. The van der Waals surface area contributed by atoms with E-state index in [1.807, 2.05) is 18.7 Å². The Morgan fingerprint density at radius 3 is 2.65 bits per heavy atom. The van der Waals surface area contributed by atoms with Crippen molar-refractivity contribution >= 4 is 45.9 Å². The van der Waals surface area contributed by atoms with Gasteiger partial charge in [0.15, 0.2) is 5.96 Å². The van der Waals surface area contributed by atoms with Gasteiger partial charge in [-0.1, -0.05) is 15.9 Å². The summed E-state index contributed by atoms with van der Waals surface area (Å²) in [6, 6.07) is 5.07. The van der Waals surface area contributed by atoms with Crippen molar-refractivity contribution in [3.8, 4) is 0 Å². The molecule has 144 valence electrons. The van der Waals surface area contributed by atoms with Crippen molar-refractivity contribution in [1.29, 1.82) is 0 Å². The molecule has 0 aliphatic heterocycles. The lowest BCUT2D eigenvalue weighted by molar-refractivity contribution is 0.599. The van der Waals surface area contributed by atoms with Gasteiger partial charge in [0.05, 0.1) is 5.69 Å². The molecular formula is C18H26BrFIN5. The van der Waals surface area contributed by atoms with E-state index in [1.165, 1.54) is 17.3 Å². The summed E-state index contributed by atoms with van der Waals surface area (Å²) in [5.74, 6) is 0.409. The zero-order valence-corrected chi connectivity index (χ0v) is 19.6. The summed E-state index contributed by atoms with van der Waals surface area (Å²) in [4.78, 5) is 4.23. The van der Waals surface area contributed by atoms with Gasteiger partial charge in [0.1, 0.15) is 5.82 Å². The van der Waals surface area contributed by atoms with Crippen LogP contribution in [0, 0.1) is 19.7 Å². The van der Waals surface area contributed by atoms with Crippen LogP contribution in [0.1, 0.15) is 29.4 Å². The summed E-state index contributed by atoms with van der Waals surface area (Å²) in [6.07, 6.45) is 0.845. The SMILES string of the molecule is CN=C(NCc1cc(Br)ccc1F)NC(C)Cc1c(C)nn(C)c1C.I. The van der Waals surface area contributed by atoms with E-state index in [4.69, 9.17) is 0 Å². The summed E-state index contributed by atoms with van der Waals surface area (Å²) in [6.45, 7) is 6.56. The summed E-state index contributed by atoms with van der Waals surface area (Å²) < 4.78 is 16.6. The average Bonchev–Trinajstić information content (AvgIpc) is 2.80. The normalized spacial score (nSPS) is 12.5. The molecule has 2 N–H and O–H groups in total. The lowest BCUT2D eigenvalue weighted by Crippen LogP contribution is -2.42. The van der Waals surface area contributed by atoms with E-state index in [0.717, 1.165) is 16.6 Å². The van der Waals surface area contributed by atoms with Crippen LogP contribution in [0.15, 0.2) is 27.7 Å². The van der Waals surface area contributed by atoms with Crippen molar-refractivity contribution in [2.75, 3.05) is 7.05 Å². The molecule has 0 aliphatic rings. The summed E-state index contributed by atoms with van der Waals surface area (Å²) in [7, 11) is 3.66. The van der Waals surface area contributed by atoms with Crippen molar-refractivity contribution in [3.63, 3.8) is 0 Å². The highest BCUT2D eigenvalue weighted by Gasteiger charge is 2.14. The number of aryl methyl sites for hydroxylation is 2. The largest absolute Gasteiger partial charge is 0.354 e. The average molecular weight is 538 g/mol. The molecule has 0 fully saturated rings. The predicted molar refractivity (Wildman–Crippen MR) is 119 cm³/mol. The third kappa shape index (κ3) is 5.94. The molecular weight excluding hydrogens is 512 g/mol. The third-order valence-electron chi connectivity index (χ3n) is 4.23. The maximum atomic E-state index is 13.8. The zero-order chi connectivity index (χ0) is 18.6. The van der Waals surface area contributed by atoms with Gasteiger partial charge in [-0.2, -0.15) is 5.10 Å². The Morgan fingerprint density at radius 2 is 2.08 bits per heavy atom. The number of benzene rings is 1. The second-order valence-electron chi connectivity index (χ2n) is 6.18. The van der Waals surface area contributed by atoms with Gasteiger partial charge in [-0.05, 0) is 51.0 Å². The van der Waals surface area contributed by atoms with E-state index in [9.17, 15) is 4.39 Å². The van der Waals surface area contributed by atoms with Gasteiger partial charge in [-0.15, -0.1) is 24.0 Å². The number of rotatable bonds is 5. The van der Waals surface area contributed by atoms with Crippen molar-refractivity contribution in [3.05, 3.63) is 51.0 Å². The molecule has 5 nitrogen and oxygen atoms in total. The number of hydrogen-bond donors (Lipinski definition) is 2. The molecule has 1 aromatic carbocycles. The van der Waals surface area contributed by atoms with Crippen LogP contribution in [-0.4, -0.2) is 28.8 Å². The minimum atomic E-state index is -0.235. The van der Waals surface area contributed by atoms with Crippen LogP contribution in [0.4, 0.5) is 4.39 Å². The molecule has 0 bridgehead atoms. The Morgan fingerprint density at radius 1 is 1.38 bits per heavy atom. The Hall–Kier alpha value is -1.16. The van der Waals surface area contributed by atoms with Gasteiger partial charge in [0.2, 0.25) is 0 Å². The molecule has 2 rings (SSSR count). The van der Waals surface area contributed by atoms with E-state index in [0.29, 0.717) is 18.1 Å². The van der Waals surface area contributed by atoms with Crippen LogP contribution < -0.4 is 10.6 Å². The minimum absolute atomic E-state index is 0. The van der Waals surface area contributed by atoms with Crippen LogP contribution >= 0.6 is 39.9 Å². The van der Waals surface area contributed by atoms with Gasteiger partial charge in [0, 0.05) is 42.4 Å². The van der Waals surface area contributed by atoms with Crippen LogP contribution in [0.3, 0.4) is 0 Å². The highest BCUT2D eigenvalue weighted by atomic mass is 127. The number of nitrogens with one attached hydrogen (secondary N) is 2. The Kier molecular flexibility index (Phi) is 9.02. The standard InChI is InChI=1S/C18H25BrFN5.HI/c1-11(8-16-12(2)24-25(5)13(16)3)23-18(21-4)22-10-14-9-15(19)6-7-17(14)20;/h6-7,9,11H,8,10H2,1-5H3,(H2,21,22,23);1H. The van der Waals surface area contributed by atoms with E-state index in [-0.39, 0.29) is 35.8 Å². The summed E-state index contributed by atoms with van der Waals surface area (Å²) in [5.41, 5.74) is 4.05. The van der Waals surface area contributed by atoms with Crippen molar-refractivity contribution in [2.45, 2.75) is 39.8 Å². The van der Waals surface area contributed by atoms with Crippen LogP contribution in [-0.2, 0) is 20.0 Å². The van der Waals surface area contributed by atoms with Gasteiger partial charge < -0.3 is 10.6 Å². The molecule has 1 atom stereocenters. The molecule has 1 aromatic heterocycles. The fourth-order valence-corrected chi connectivity index (χ4v) is 3.16. The molecule has 1 heterocycles. The number of aliphatic imine (C=N–C) groups is 1. The van der Waals surface area contributed by atoms with E-state index < -0.39 is 0 Å². The minimum Gasteiger partial charge on any atom is -0.354 e. The predicted octanol–water partition coefficient (Wildman–Crippen LogP) is 3.85. The maximum absolute atomic E-state index is 13.8. The highest BCUT2D eigenvalue weighted by Crippen LogP contribution is 2.16. The van der Waals surface area contributed by atoms with Crippen molar-refractivity contribution in [2.24, 2.45) is 12.0 Å². The van der Waals surface area contributed by atoms with Gasteiger partial charge in [-0.25, -0.2) is 4.39 Å². The molecule has 0 radical (unpaired) electrons. The second kappa shape index (κ2) is 10.2. The monoisotopic (exact) mass is 537 g/mol. The Bertz CT molecular complexity index is 775. The second-order valence-corrected chi connectivity index (χ2v) is 7.10. The molecule has 26 heavy (non-hydrogen) atoms. The van der Waals surface area contributed by atoms with E-state index in [1.54, 1.807) is 19.2 Å². The molecule has 0 aliphatic carbocycles. The first-order valence-electron chi connectivity index (χ1n) is 8.22. The van der Waals surface area contributed by atoms with E-state index in [2.05, 4.69) is 50.5 Å². The molecule has 2 aromatic rings. The molecule has 0 amide bonds. The van der Waals surface area contributed by atoms with Gasteiger partial charge in [0.25, 0.3) is 0 Å². The van der Waals surface area contributed by atoms with Crippen LogP contribution in [0.2, 0.25) is 0 Å². The Balaban J connectivity index is 0.00000338. The first-order chi connectivity index (χ1) is 11.8. The number of nitrogens with zero attached hydrogens (tertiary/aromatic N) is 3. The molecule has 0 spiro atoms. The molecule has 1 unspecified atom stereocenters. The maximum Gasteiger partial charge on any atom is 0.191 e. The number of aromatic nitrogens is 2. The first-order valence-corrected chi connectivity index (χ1v) is 9.01. The Labute approximate surface area is 180 Å².